The zero-order valence-electron chi connectivity index (χ0n) is 30.2. The smallest absolute Gasteiger partial charge is 0.103 e. The van der Waals surface area contributed by atoms with Crippen molar-refractivity contribution in [2.45, 2.75) is 189 Å². The molecule has 250 valence electrons. The molecule has 0 radical (unpaired) electrons. The van der Waals surface area contributed by atoms with Crippen LogP contribution in [0.2, 0.25) is 0 Å². The predicted molar refractivity (Wildman–Crippen MR) is 184 cm³/mol. The monoisotopic (exact) mass is 601 g/mol. The maximum Gasteiger partial charge on any atom is 0.103 e. The minimum Gasteiger partial charge on any atom is -0.393 e. The number of aliphatic hydroxyl groups excluding tert-OH is 2. The van der Waals surface area contributed by atoms with Gasteiger partial charge in [-0.3, -0.25) is 0 Å². The fraction of sp³-hybridized carbons (Fsp3) is 0.900. The number of allylic oxidation sites excluding steroid dienone is 4. The molecule has 2 saturated carbocycles. The SMILES string of the molecule is C/C(=C\C=C\[C@@H](C)CCCC[C@H](C)CCC[C@@H](C)CC[C@@]12O[C@]1(C)C[C@@H](O)CC2(C)C)CC[C@@H]1[C@@H](C)C[C@@H](O)CC1(C)C. The summed E-state index contributed by atoms with van der Waals surface area (Å²) in [5.41, 5.74) is 1.66. The van der Waals surface area contributed by atoms with Gasteiger partial charge in [-0.25, -0.2) is 0 Å². The van der Waals surface area contributed by atoms with Crippen molar-refractivity contribution >= 4 is 0 Å². The fourth-order valence-electron chi connectivity index (χ4n) is 9.71. The molecule has 3 fully saturated rings. The van der Waals surface area contributed by atoms with Crippen LogP contribution < -0.4 is 0 Å². The first kappa shape index (κ1) is 36.8. The molecular formula is C40H72O3. The average molecular weight is 601 g/mol. The summed E-state index contributed by atoms with van der Waals surface area (Å²) in [4.78, 5) is 0. The van der Waals surface area contributed by atoms with E-state index < -0.39 is 0 Å². The van der Waals surface area contributed by atoms with Gasteiger partial charge in [-0.2, -0.15) is 0 Å². The Hall–Kier alpha value is -0.640. The summed E-state index contributed by atoms with van der Waals surface area (Å²) in [6, 6.07) is 0. The molecule has 0 bridgehead atoms. The Kier molecular flexibility index (Phi) is 13.1. The van der Waals surface area contributed by atoms with E-state index in [1.807, 2.05) is 0 Å². The van der Waals surface area contributed by atoms with E-state index in [4.69, 9.17) is 4.74 Å². The Balaban J connectivity index is 1.23. The van der Waals surface area contributed by atoms with Crippen molar-refractivity contribution < 1.29 is 14.9 Å². The van der Waals surface area contributed by atoms with Crippen LogP contribution in [-0.4, -0.2) is 33.6 Å². The number of aliphatic hydroxyl groups is 2. The van der Waals surface area contributed by atoms with E-state index in [9.17, 15) is 10.2 Å². The van der Waals surface area contributed by atoms with Gasteiger partial charge in [-0.05, 0) is 106 Å². The van der Waals surface area contributed by atoms with Gasteiger partial charge in [0.25, 0.3) is 0 Å². The van der Waals surface area contributed by atoms with Crippen LogP contribution in [0.15, 0.2) is 23.8 Å². The van der Waals surface area contributed by atoms with E-state index in [-0.39, 0.29) is 34.2 Å². The van der Waals surface area contributed by atoms with Gasteiger partial charge in [-0.1, -0.05) is 118 Å². The second-order valence-corrected chi connectivity index (χ2v) is 17.7. The van der Waals surface area contributed by atoms with Gasteiger partial charge in [0.2, 0.25) is 0 Å². The summed E-state index contributed by atoms with van der Waals surface area (Å²) < 4.78 is 6.40. The number of fused-ring (bicyclic) bond motifs is 1. The highest BCUT2D eigenvalue weighted by atomic mass is 16.6. The molecule has 0 amide bonds. The third-order valence-corrected chi connectivity index (χ3v) is 12.4. The minimum atomic E-state index is -0.211. The molecule has 3 heteroatoms. The van der Waals surface area contributed by atoms with Gasteiger partial charge in [0.1, 0.15) is 5.60 Å². The van der Waals surface area contributed by atoms with Gasteiger partial charge in [-0.15, -0.1) is 0 Å². The first-order chi connectivity index (χ1) is 20.0. The van der Waals surface area contributed by atoms with Crippen LogP contribution in [0.3, 0.4) is 0 Å². The Morgan fingerprint density at radius 3 is 2.12 bits per heavy atom. The molecule has 9 atom stereocenters. The molecule has 0 aromatic heterocycles. The topological polar surface area (TPSA) is 53.0 Å². The summed E-state index contributed by atoms with van der Waals surface area (Å²) in [7, 11) is 0. The molecule has 3 aliphatic rings. The van der Waals surface area contributed by atoms with Crippen molar-refractivity contribution in [1.82, 2.24) is 0 Å². The van der Waals surface area contributed by atoms with Gasteiger partial charge < -0.3 is 14.9 Å². The lowest BCUT2D eigenvalue weighted by atomic mass is 9.61. The van der Waals surface area contributed by atoms with E-state index in [1.165, 1.54) is 69.8 Å². The molecule has 1 heterocycles. The van der Waals surface area contributed by atoms with E-state index >= 15 is 0 Å². The molecule has 3 nitrogen and oxygen atoms in total. The maximum atomic E-state index is 10.3. The standard InChI is InChI=1S/C40H72O3/c1-29(17-13-19-31(3)21-22-36-33(5)25-34(41)26-37(36,6)7)15-11-12-16-30(2)18-14-20-32(4)23-24-40-38(8,9)27-35(42)28-39(40,10)43-40/h13,17,19,29-30,32-36,41-42H,11-12,14-16,18,20-28H2,1-10H3/b17-13+,31-19+/t29-,30-,32+,33-,34+,35-,36+,39+,40-/m0/s1. The van der Waals surface area contributed by atoms with Crippen molar-refractivity contribution in [1.29, 1.82) is 0 Å². The third-order valence-electron chi connectivity index (χ3n) is 12.4. The second-order valence-electron chi connectivity index (χ2n) is 17.7. The molecule has 0 unspecified atom stereocenters. The lowest BCUT2D eigenvalue weighted by Gasteiger charge is -2.45. The third kappa shape index (κ3) is 9.92. The number of epoxide rings is 1. The predicted octanol–water partition coefficient (Wildman–Crippen LogP) is 10.8. The Labute approximate surface area is 267 Å². The zero-order chi connectivity index (χ0) is 32.1. The highest BCUT2D eigenvalue weighted by molar-refractivity contribution is 5.23. The van der Waals surface area contributed by atoms with Gasteiger partial charge in [0, 0.05) is 6.42 Å². The number of hydrogen-bond donors (Lipinski definition) is 2. The highest BCUT2D eigenvalue weighted by Gasteiger charge is 2.75. The molecule has 0 spiro atoms. The Morgan fingerprint density at radius 1 is 0.837 bits per heavy atom. The lowest BCUT2D eigenvalue weighted by Crippen LogP contribution is -2.47. The maximum absolute atomic E-state index is 10.3. The molecule has 2 N–H and O–H groups in total. The molecule has 1 saturated heterocycles. The summed E-state index contributed by atoms with van der Waals surface area (Å²) in [6.07, 6.45) is 24.5. The van der Waals surface area contributed by atoms with Crippen molar-refractivity contribution in [2.75, 3.05) is 0 Å². The molecule has 0 aromatic rings. The van der Waals surface area contributed by atoms with Crippen LogP contribution in [0, 0.1) is 40.4 Å². The Morgan fingerprint density at radius 2 is 1.47 bits per heavy atom. The van der Waals surface area contributed by atoms with Crippen molar-refractivity contribution in [2.24, 2.45) is 40.4 Å². The largest absolute Gasteiger partial charge is 0.393 e. The van der Waals surface area contributed by atoms with Gasteiger partial charge >= 0.3 is 0 Å². The van der Waals surface area contributed by atoms with Crippen LogP contribution >= 0.6 is 0 Å². The lowest BCUT2D eigenvalue weighted by molar-refractivity contribution is -0.0150. The highest BCUT2D eigenvalue weighted by Crippen LogP contribution is 2.67. The number of ether oxygens (including phenoxy) is 1. The van der Waals surface area contributed by atoms with Crippen LogP contribution in [-0.2, 0) is 4.74 Å². The molecular weight excluding hydrogens is 528 g/mol. The first-order valence-corrected chi connectivity index (χ1v) is 18.4. The van der Waals surface area contributed by atoms with Crippen LogP contribution in [0.4, 0.5) is 0 Å². The second kappa shape index (κ2) is 15.3. The molecule has 43 heavy (non-hydrogen) atoms. The number of hydrogen-bond acceptors (Lipinski definition) is 3. The van der Waals surface area contributed by atoms with Crippen molar-refractivity contribution in [3.63, 3.8) is 0 Å². The average Bonchev–Trinajstić information content (AvgIpc) is 3.49. The number of unbranched alkanes of at least 4 members (excludes halogenated alkanes) is 1. The normalized spacial score (nSPS) is 35.9. The molecule has 0 aromatic carbocycles. The van der Waals surface area contributed by atoms with Crippen molar-refractivity contribution in [3.8, 4) is 0 Å². The fourth-order valence-corrected chi connectivity index (χ4v) is 9.71. The van der Waals surface area contributed by atoms with Crippen LogP contribution in [0.25, 0.3) is 0 Å². The Bertz CT molecular complexity index is 917. The summed E-state index contributed by atoms with van der Waals surface area (Å²) in [5, 5.41) is 20.5. The molecule has 2 aliphatic carbocycles. The van der Waals surface area contributed by atoms with E-state index in [2.05, 4.69) is 87.5 Å². The van der Waals surface area contributed by atoms with Gasteiger partial charge in [0.15, 0.2) is 0 Å². The first-order valence-electron chi connectivity index (χ1n) is 18.4. The summed E-state index contributed by atoms with van der Waals surface area (Å²) >= 11 is 0. The van der Waals surface area contributed by atoms with E-state index in [1.54, 1.807) is 0 Å². The number of rotatable bonds is 17. The summed E-state index contributed by atoms with van der Waals surface area (Å²) in [5.74, 6) is 3.54. The van der Waals surface area contributed by atoms with E-state index in [0.717, 1.165) is 43.9 Å². The zero-order valence-corrected chi connectivity index (χ0v) is 30.2. The summed E-state index contributed by atoms with van der Waals surface area (Å²) in [6.45, 7) is 23.4. The van der Waals surface area contributed by atoms with Gasteiger partial charge in [0.05, 0.1) is 17.8 Å². The van der Waals surface area contributed by atoms with Crippen LogP contribution in [0.5, 0.6) is 0 Å². The van der Waals surface area contributed by atoms with Crippen molar-refractivity contribution in [3.05, 3.63) is 23.8 Å². The quantitative estimate of drug-likeness (QED) is 0.0992. The molecule has 1 aliphatic heterocycles. The van der Waals surface area contributed by atoms with E-state index in [0.29, 0.717) is 17.8 Å². The van der Waals surface area contributed by atoms with Crippen LogP contribution in [0.1, 0.15) is 166 Å². The minimum absolute atomic E-state index is 0.0149. The molecule has 3 rings (SSSR count).